The second kappa shape index (κ2) is 8.26. The molecule has 1 N–H and O–H groups in total. The van der Waals surface area contributed by atoms with Crippen molar-refractivity contribution in [3.63, 3.8) is 0 Å². The third-order valence-corrected chi connectivity index (χ3v) is 5.26. The first-order chi connectivity index (χ1) is 9.05. The van der Waals surface area contributed by atoms with Crippen LogP contribution in [-0.4, -0.2) is 25.8 Å². The summed E-state index contributed by atoms with van der Waals surface area (Å²) in [6.07, 6.45) is 9.32. The standard InChI is InChI=1S/C17H35NO/c1-6-8-9-12-19-16-13-14(17(3,4)7-2)10-11-15(16)18-5/h14-16,18H,6-13H2,1-5H3. The molecule has 0 aliphatic heterocycles. The summed E-state index contributed by atoms with van der Waals surface area (Å²) >= 11 is 0. The molecular formula is C17H35NO. The molecule has 19 heavy (non-hydrogen) atoms. The Hall–Kier alpha value is -0.0800. The van der Waals surface area contributed by atoms with E-state index in [2.05, 4.69) is 40.1 Å². The summed E-state index contributed by atoms with van der Waals surface area (Å²) < 4.78 is 6.20. The summed E-state index contributed by atoms with van der Waals surface area (Å²) in [4.78, 5) is 0. The maximum Gasteiger partial charge on any atom is 0.0730 e. The zero-order chi connectivity index (χ0) is 14.3. The Morgan fingerprint density at radius 2 is 1.89 bits per heavy atom. The molecule has 0 aromatic carbocycles. The number of unbranched alkanes of at least 4 members (excludes halogenated alkanes) is 2. The van der Waals surface area contributed by atoms with Crippen molar-refractivity contribution < 1.29 is 4.74 Å². The Morgan fingerprint density at radius 3 is 2.47 bits per heavy atom. The van der Waals surface area contributed by atoms with Gasteiger partial charge in [0.1, 0.15) is 0 Å². The highest BCUT2D eigenvalue weighted by Crippen LogP contribution is 2.41. The largest absolute Gasteiger partial charge is 0.377 e. The van der Waals surface area contributed by atoms with Crippen molar-refractivity contribution in [3.8, 4) is 0 Å². The van der Waals surface area contributed by atoms with Gasteiger partial charge in [0.15, 0.2) is 0 Å². The summed E-state index contributed by atoms with van der Waals surface area (Å²) in [5.41, 5.74) is 0.462. The average Bonchev–Trinajstić information content (AvgIpc) is 2.43. The Bertz CT molecular complexity index is 239. The topological polar surface area (TPSA) is 21.3 Å². The van der Waals surface area contributed by atoms with E-state index in [0.29, 0.717) is 17.6 Å². The Balaban J connectivity index is 2.49. The van der Waals surface area contributed by atoms with Crippen LogP contribution in [0.25, 0.3) is 0 Å². The van der Waals surface area contributed by atoms with Crippen molar-refractivity contribution in [2.45, 2.75) is 84.8 Å². The Labute approximate surface area is 120 Å². The zero-order valence-corrected chi connectivity index (χ0v) is 13.8. The molecule has 0 bridgehead atoms. The molecule has 3 unspecified atom stereocenters. The van der Waals surface area contributed by atoms with E-state index in [1.165, 1.54) is 44.9 Å². The molecule has 1 rings (SSSR count). The molecule has 114 valence electrons. The highest BCUT2D eigenvalue weighted by atomic mass is 16.5. The lowest BCUT2D eigenvalue weighted by atomic mass is 9.68. The predicted molar refractivity (Wildman–Crippen MR) is 83.5 cm³/mol. The van der Waals surface area contributed by atoms with Crippen LogP contribution in [0, 0.1) is 11.3 Å². The lowest BCUT2D eigenvalue weighted by Gasteiger charge is -2.43. The van der Waals surface area contributed by atoms with Crippen LogP contribution in [0.3, 0.4) is 0 Å². The average molecular weight is 269 g/mol. The van der Waals surface area contributed by atoms with Crippen molar-refractivity contribution in [2.24, 2.45) is 11.3 Å². The van der Waals surface area contributed by atoms with Crippen molar-refractivity contribution >= 4 is 0 Å². The molecule has 2 heteroatoms. The quantitative estimate of drug-likeness (QED) is 0.660. The minimum atomic E-state index is 0.423. The number of likely N-dealkylation sites (N-methyl/N-ethyl adjacent to an activating group) is 1. The Morgan fingerprint density at radius 1 is 1.16 bits per heavy atom. The molecular weight excluding hydrogens is 234 g/mol. The number of hydrogen-bond donors (Lipinski definition) is 1. The first kappa shape index (κ1) is 17.0. The van der Waals surface area contributed by atoms with E-state index in [9.17, 15) is 0 Å². The van der Waals surface area contributed by atoms with Crippen molar-refractivity contribution in [1.82, 2.24) is 5.32 Å². The lowest BCUT2D eigenvalue weighted by Crippen LogP contribution is -2.46. The number of ether oxygens (including phenoxy) is 1. The van der Waals surface area contributed by atoms with Crippen LogP contribution in [0.2, 0.25) is 0 Å². The fourth-order valence-corrected chi connectivity index (χ4v) is 3.23. The predicted octanol–water partition coefficient (Wildman–Crippen LogP) is 4.39. The summed E-state index contributed by atoms with van der Waals surface area (Å²) in [5, 5.41) is 3.46. The van der Waals surface area contributed by atoms with Gasteiger partial charge in [0.05, 0.1) is 6.10 Å². The maximum atomic E-state index is 6.20. The van der Waals surface area contributed by atoms with Crippen LogP contribution in [0.1, 0.15) is 72.6 Å². The second-order valence-electron chi connectivity index (χ2n) is 6.86. The molecule has 1 saturated carbocycles. The smallest absolute Gasteiger partial charge is 0.0730 e. The molecule has 0 spiro atoms. The Kier molecular flexibility index (Phi) is 7.38. The van der Waals surface area contributed by atoms with Gasteiger partial charge in [0.25, 0.3) is 0 Å². The van der Waals surface area contributed by atoms with Crippen LogP contribution < -0.4 is 5.32 Å². The lowest BCUT2D eigenvalue weighted by molar-refractivity contribution is -0.0306. The third kappa shape index (κ3) is 5.07. The SMILES string of the molecule is CCCCCOC1CC(C(C)(C)CC)CCC1NC. The highest BCUT2D eigenvalue weighted by Gasteiger charge is 2.37. The summed E-state index contributed by atoms with van der Waals surface area (Å²) in [7, 11) is 2.08. The van der Waals surface area contributed by atoms with Gasteiger partial charge in [-0.25, -0.2) is 0 Å². The molecule has 2 nitrogen and oxygen atoms in total. The number of hydrogen-bond acceptors (Lipinski definition) is 2. The molecule has 0 aromatic heterocycles. The molecule has 3 atom stereocenters. The van der Waals surface area contributed by atoms with Gasteiger partial charge in [-0.3, -0.25) is 0 Å². The van der Waals surface area contributed by atoms with Gasteiger partial charge in [-0.1, -0.05) is 47.0 Å². The van der Waals surface area contributed by atoms with Gasteiger partial charge in [-0.05, 0) is 44.1 Å². The maximum absolute atomic E-state index is 6.20. The van der Waals surface area contributed by atoms with E-state index in [-0.39, 0.29) is 0 Å². The second-order valence-corrected chi connectivity index (χ2v) is 6.86. The van der Waals surface area contributed by atoms with E-state index in [1.54, 1.807) is 0 Å². The van der Waals surface area contributed by atoms with E-state index in [1.807, 2.05) is 0 Å². The first-order valence-electron chi connectivity index (χ1n) is 8.34. The zero-order valence-electron chi connectivity index (χ0n) is 13.8. The molecule has 1 fully saturated rings. The van der Waals surface area contributed by atoms with Crippen LogP contribution in [-0.2, 0) is 4.74 Å². The monoisotopic (exact) mass is 269 g/mol. The van der Waals surface area contributed by atoms with E-state index < -0.39 is 0 Å². The number of rotatable bonds is 8. The van der Waals surface area contributed by atoms with Gasteiger partial charge >= 0.3 is 0 Å². The molecule has 1 aliphatic rings. The summed E-state index contributed by atoms with van der Waals surface area (Å²) in [5.74, 6) is 0.818. The van der Waals surface area contributed by atoms with Crippen LogP contribution in [0.4, 0.5) is 0 Å². The van der Waals surface area contributed by atoms with E-state index >= 15 is 0 Å². The molecule has 0 radical (unpaired) electrons. The number of nitrogens with one attached hydrogen (secondary N) is 1. The third-order valence-electron chi connectivity index (χ3n) is 5.26. The van der Waals surface area contributed by atoms with Gasteiger partial charge < -0.3 is 10.1 Å². The normalized spacial score (nSPS) is 28.6. The van der Waals surface area contributed by atoms with Crippen molar-refractivity contribution in [1.29, 1.82) is 0 Å². The molecule has 0 heterocycles. The van der Waals surface area contributed by atoms with Gasteiger partial charge in [0.2, 0.25) is 0 Å². The first-order valence-corrected chi connectivity index (χ1v) is 8.34. The summed E-state index contributed by atoms with van der Waals surface area (Å²) in [6.45, 7) is 10.4. The van der Waals surface area contributed by atoms with Crippen LogP contribution >= 0.6 is 0 Å². The summed E-state index contributed by atoms with van der Waals surface area (Å²) in [6, 6.07) is 0.561. The van der Waals surface area contributed by atoms with Gasteiger partial charge in [-0.2, -0.15) is 0 Å². The highest BCUT2D eigenvalue weighted by molar-refractivity contribution is 4.90. The van der Waals surface area contributed by atoms with Gasteiger partial charge in [0, 0.05) is 12.6 Å². The van der Waals surface area contributed by atoms with E-state index in [4.69, 9.17) is 4.74 Å². The minimum absolute atomic E-state index is 0.423. The minimum Gasteiger partial charge on any atom is -0.377 e. The van der Waals surface area contributed by atoms with Crippen LogP contribution in [0.15, 0.2) is 0 Å². The van der Waals surface area contributed by atoms with E-state index in [0.717, 1.165) is 12.5 Å². The van der Waals surface area contributed by atoms with Crippen molar-refractivity contribution in [3.05, 3.63) is 0 Å². The molecule has 0 saturated heterocycles. The van der Waals surface area contributed by atoms with Crippen molar-refractivity contribution in [2.75, 3.05) is 13.7 Å². The molecule has 0 amide bonds. The molecule has 1 aliphatic carbocycles. The van der Waals surface area contributed by atoms with Gasteiger partial charge in [-0.15, -0.1) is 0 Å². The fourth-order valence-electron chi connectivity index (χ4n) is 3.23. The fraction of sp³-hybridized carbons (Fsp3) is 1.00. The van der Waals surface area contributed by atoms with Crippen LogP contribution in [0.5, 0.6) is 0 Å². The molecule has 0 aromatic rings.